The number of aromatic nitrogens is 1. The van der Waals surface area contributed by atoms with Crippen LogP contribution in [0.1, 0.15) is 26.3 Å². The Bertz CT molecular complexity index is 1500. The fourth-order valence-electron chi connectivity index (χ4n) is 4.22. The molecule has 0 fully saturated rings. The van der Waals surface area contributed by atoms with Gasteiger partial charge in [0.15, 0.2) is 5.78 Å². The van der Waals surface area contributed by atoms with Crippen LogP contribution >= 0.6 is 0 Å². The number of fused-ring (bicyclic) bond motifs is 2. The van der Waals surface area contributed by atoms with E-state index in [1.807, 2.05) is 79.0 Å². The van der Waals surface area contributed by atoms with Crippen molar-refractivity contribution >= 4 is 33.4 Å². The van der Waals surface area contributed by atoms with Crippen LogP contribution in [0.3, 0.4) is 0 Å². The molecule has 4 aromatic carbocycles. The maximum atomic E-state index is 13.1. The van der Waals surface area contributed by atoms with E-state index in [4.69, 9.17) is 4.74 Å². The third kappa shape index (κ3) is 4.28. The Hall–Kier alpha value is -4.38. The van der Waals surface area contributed by atoms with Gasteiger partial charge in [0.1, 0.15) is 5.75 Å². The number of ether oxygens (including phenoxy) is 1. The number of Topliss-reactive ketones (excluding diaryl/α,β-unsaturated/α-hetero) is 1. The molecular formula is C29H24N2O3. The van der Waals surface area contributed by atoms with Gasteiger partial charge in [-0.3, -0.25) is 9.59 Å². The van der Waals surface area contributed by atoms with Crippen molar-refractivity contribution in [1.29, 1.82) is 0 Å². The maximum Gasteiger partial charge on any atom is 0.253 e. The number of nitrogens with zero attached hydrogens (tertiary/aromatic N) is 1. The van der Waals surface area contributed by atoms with Gasteiger partial charge in [-0.25, -0.2) is 0 Å². The van der Waals surface area contributed by atoms with Gasteiger partial charge < -0.3 is 14.6 Å². The fraction of sp³-hybridized carbons (Fsp3) is 0.103. The molecule has 0 aliphatic heterocycles. The number of hydrogen-bond acceptors (Lipinski definition) is 3. The van der Waals surface area contributed by atoms with E-state index < -0.39 is 0 Å². The predicted molar refractivity (Wildman–Crippen MR) is 135 cm³/mol. The summed E-state index contributed by atoms with van der Waals surface area (Å²) in [7, 11) is 1.63. The van der Waals surface area contributed by atoms with Crippen molar-refractivity contribution in [2.24, 2.45) is 0 Å². The Morgan fingerprint density at radius 1 is 0.853 bits per heavy atom. The predicted octanol–water partition coefficient (Wildman–Crippen LogP) is 5.46. The summed E-state index contributed by atoms with van der Waals surface area (Å²) in [5.41, 5.74) is 3.25. The highest BCUT2D eigenvalue weighted by Crippen LogP contribution is 2.24. The monoisotopic (exact) mass is 448 g/mol. The molecular weight excluding hydrogens is 424 g/mol. The normalized spacial score (nSPS) is 11.0. The molecule has 5 rings (SSSR count). The second-order valence-corrected chi connectivity index (χ2v) is 8.21. The van der Waals surface area contributed by atoms with E-state index in [1.165, 1.54) is 0 Å². The van der Waals surface area contributed by atoms with Crippen molar-refractivity contribution in [3.63, 3.8) is 0 Å². The highest BCUT2D eigenvalue weighted by Gasteiger charge is 2.16. The average Bonchev–Trinajstić information content (AvgIpc) is 3.25. The van der Waals surface area contributed by atoms with Crippen LogP contribution < -0.4 is 10.1 Å². The number of amides is 1. The van der Waals surface area contributed by atoms with Crippen molar-refractivity contribution in [3.8, 4) is 5.75 Å². The average molecular weight is 449 g/mol. The van der Waals surface area contributed by atoms with Gasteiger partial charge in [0.2, 0.25) is 0 Å². The molecule has 0 aliphatic carbocycles. The Morgan fingerprint density at radius 3 is 2.41 bits per heavy atom. The van der Waals surface area contributed by atoms with E-state index in [-0.39, 0.29) is 18.2 Å². The first kappa shape index (κ1) is 21.5. The molecule has 0 radical (unpaired) electrons. The summed E-state index contributed by atoms with van der Waals surface area (Å²) in [5, 5.41) is 5.61. The molecule has 0 saturated carbocycles. The van der Waals surface area contributed by atoms with Crippen LogP contribution in [-0.2, 0) is 6.54 Å². The second kappa shape index (κ2) is 9.24. The topological polar surface area (TPSA) is 60.3 Å². The first-order chi connectivity index (χ1) is 16.6. The van der Waals surface area contributed by atoms with Gasteiger partial charge in [-0.1, -0.05) is 66.7 Å². The molecule has 1 amide bonds. The van der Waals surface area contributed by atoms with Crippen LogP contribution in [0.4, 0.5) is 0 Å². The van der Waals surface area contributed by atoms with Gasteiger partial charge in [-0.2, -0.15) is 0 Å². The Kier molecular flexibility index (Phi) is 5.83. The lowest BCUT2D eigenvalue weighted by molar-refractivity contribution is 0.0905. The Labute approximate surface area is 197 Å². The van der Waals surface area contributed by atoms with Crippen molar-refractivity contribution in [2.75, 3.05) is 13.7 Å². The lowest BCUT2D eigenvalue weighted by Gasteiger charge is -2.07. The van der Waals surface area contributed by atoms with E-state index >= 15 is 0 Å². The summed E-state index contributed by atoms with van der Waals surface area (Å²) < 4.78 is 7.32. The van der Waals surface area contributed by atoms with Crippen molar-refractivity contribution in [1.82, 2.24) is 9.88 Å². The number of methoxy groups -OCH3 is 1. The molecule has 0 saturated heterocycles. The van der Waals surface area contributed by atoms with Crippen LogP contribution in [0.5, 0.6) is 5.75 Å². The zero-order valence-electron chi connectivity index (χ0n) is 18.8. The zero-order valence-corrected chi connectivity index (χ0v) is 18.8. The first-order valence-corrected chi connectivity index (χ1v) is 11.1. The number of carbonyl (C=O) groups is 2. The first-order valence-electron chi connectivity index (χ1n) is 11.1. The molecule has 0 atom stereocenters. The van der Waals surface area contributed by atoms with E-state index in [0.717, 1.165) is 33.0 Å². The summed E-state index contributed by atoms with van der Waals surface area (Å²) in [4.78, 5) is 25.9. The Balaban J connectivity index is 1.34. The molecule has 0 unspecified atom stereocenters. The molecule has 34 heavy (non-hydrogen) atoms. The quantitative estimate of drug-likeness (QED) is 0.336. The minimum absolute atomic E-state index is 0.0707. The minimum Gasteiger partial charge on any atom is -0.497 e. The SMILES string of the molecule is COc1ccc2cc(C(=O)CNC(=O)c3cn(Cc4ccccc4)c4ccccc34)ccc2c1. The van der Waals surface area contributed by atoms with E-state index in [0.29, 0.717) is 17.7 Å². The van der Waals surface area contributed by atoms with Gasteiger partial charge in [0.05, 0.1) is 19.2 Å². The third-order valence-corrected chi connectivity index (χ3v) is 6.01. The maximum absolute atomic E-state index is 13.1. The van der Waals surface area contributed by atoms with Crippen LogP contribution in [0.2, 0.25) is 0 Å². The summed E-state index contributed by atoms with van der Waals surface area (Å²) in [6.45, 7) is 0.591. The summed E-state index contributed by atoms with van der Waals surface area (Å²) >= 11 is 0. The van der Waals surface area contributed by atoms with Gasteiger partial charge in [-0.05, 0) is 40.6 Å². The van der Waals surface area contributed by atoms with E-state index in [1.54, 1.807) is 13.2 Å². The van der Waals surface area contributed by atoms with Crippen LogP contribution in [0.15, 0.2) is 97.2 Å². The number of hydrogen-bond donors (Lipinski definition) is 1. The largest absolute Gasteiger partial charge is 0.497 e. The van der Waals surface area contributed by atoms with Crippen molar-refractivity contribution in [3.05, 3.63) is 114 Å². The molecule has 168 valence electrons. The second-order valence-electron chi connectivity index (χ2n) is 8.21. The molecule has 1 N–H and O–H groups in total. The number of nitrogens with one attached hydrogen (secondary N) is 1. The van der Waals surface area contributed by atoms with Gasteiger partial charge >= 0.3 is 0 Å². The molecule has 5 nitrogen and oxygen atoms in total. The minimum atomic E-state index is -0.262. The van der Waals surface area contributed by atoms with Crippen molar-refractivity contribution < 1.29 is 14.3 Å². The number of benzene rings is 4. The number of rotatable bonds is 7. The van der Waals surface area contributed by atoms with Crippen LogP contribution in [0.25, 0.3) is 21.7 Å². The van der Waals surface area contributed by atoms with Gasteiger partial charge in [0, 0.05) is 29.2 Å². The molecule has 0 aliphatic rings. The highest BCUT2D eigenvalue weighted by atomic mass is 16.5. The van der Waals surface area contributed by atoms with E-state index in [9.17, 15) is 9.59 Å². The lowest BCUT2D eigenvalue weighted by atomic mass is 10.0. The molecule has 1 aromatic heterocycles. The Morgan fingerprint density at radius 2 is 1.59 bits per heavy atom. The standard InChI is InChI=1S/C29H24N2O3/c1-34-24-14-13-21-15-23(12-11-22(21)16-24)28(32)17-30-29(33)26-19-31(18-20-7-3-2-4-8-20)27-10-6-5-9-25(26)27/h2-16,19H,17-18H2,1H3,(H,30,33). The molecule has 5 aromatic rings. The molecule has 1 heterocycles. The molecule has 0 spiro atoms. The van der Waals surface area contributed by atoms with Crippen molar-refractivity contribution in [2.45, 2.75) is 6.54 Å². The van der Waals surface area contributed by atoms with Crippen LogP contribution in [-0.4, -0.2) is 29.9 Å². The third-order valence-electron chi connectivity index (χ3n) is 6.01. The fourth-order valence-corrected chi connectivity index (χ4v) is 4.22. The lowest BCUT2D eigenvalue weighted by Crippen LogP contribution is -2.29. The van der Waals surface area contributed by atoms with E-state index in [2.05, 4.69) is 22.0 Å². The zero-order chi connectivity index (χ0) is 23.5. The summed E-state index contributed by atoms with van der Waals surface area (Å²) in [6, 6.07) is 29.2. The smallest absolute Gasteiger partial charge is 0.253 e. The van der Waals surface area contributed by atoms with Crippen LogP contribution in [0, 0.1) is 0 Å². The number of carbonyl (C=O) groups excluding carboxylic acids is 2. The molecule has 5 heteroatoms. The molecule has 0 bridgehead atoms. The van der Waals surface area contributed by atoms with Gasteiger partial charge in [-0.15, -0.1) is 0 Å². The summed E-state index contributed by atoms with van der Waals surface area (Å²) in [6.07, 6.45) is 1.86. The number of ketones is 1. The summed E-state index contributed by atoms with van der Waals surface area (Å²) in [5.74, 6) is 0.367. The van der Waals surface area contributed by atoms with Gasteiger partial charge in [0.25, 0.3) is 5.91 Å². The number of para-hydroxylation sites is 1. The highest BCUT2D eigenvalue weighted by molar-refractivity contribution is 6.09.